The maximum absolute atomic E-state index is 12.4. The summed E-state index contributed by atoms with van der Waals surface area (Å²) in [6.07, 6.45) is 0. The number of ether oxygens (including phenoxy) is 2. The van der Waals surface area contributed by atoms with E-state index in [0.29, 0.717) is 17.1 Å². The van der Waals surface area contributed by atoms with E-state index in [-0.39, 0.29) is 6.04 Å². The molecule has 0 heterocycles. The Labute approximate surface area is 173 Å². The number of nitrogens with zero attached hydrogens (tertiary/aromatic N) is 1. The average Bonchev–Trinajstić information content (AvgIpc) is 2.78. The van der Waals surface area contributed by atoms with Gasteiger partial charge in [0.05, 0.1) is 14.2 Å². The van der Waals surface area contributed by atoms with Crippen LogP contribution in [0.15, 0.2) is 72.8 Å². The molecule has 1 unspecified atom stereocenters. The van der Waals surface area contributed by atoms with Gasteiger partial charge >= 0.3 is 0 Å². The van der Waals surface area contributed by atoms with Gasteiger partial charge in [-0.25, -0.2) is 0 Å². The van der Waals surface area contributed by atoms with Crippen molar-refractivity contribution < 1.29 is 14.6 Å². The van der Waals surface area contributed by atoms with Crippen LogP contribution >= 0.6 is 0 Å². The van der Waals surface area contributed by atoms with E-state index >= 15 is 0 Å². The van der Waals surface area contributed by atoms with Crippen LogP contribution in [0.4, 0.5) is 0 Å². The largest absolute Gasteiger partial charge is 0.497 e. The molecule has 1 N–H and O–H groups in total. The van der Waals surface area contributed by atoms with Crippen LogP contribution < -0.4 is 9.47 Å². The second-order valence-electron chi connectivity index (χ2n) is 7.37. The molecule has 0 saturated carbocycles. The molecule has 3 aromatic rings. The van der Waals surface area contributed by atoms with Crippen LogP contribution in [0, 0.1) is 0 Å². The first-order valence-corrected chi connectivity index (χ1v) is 9.69. The van der Waals surface area contributed by atoms with Crippen LogP contribution in [-0.4, -0.2) is 38.3 Å². The second-order valence-corrected chi connectivity index (χ2v) is 7.37. The van der Waals surface area contributed by atoms with Gasteiger partial charge in [-0.1, -0.05) is 54.6 Å². The molecule has 3 aromatic carbocycles. The van der Waals surface area contributed by atoms with Gasteiger partial charge in [0.2, 0.25) is 0 Å². The summed E-state index contributed by atoms with van der Waals surface area (Å²) in [6, 6.07) is 23.4. The molecule has 29 heavy (non-hydrogen) atoms. The lowest BCUT2D eigenvalue weighted by Gasteiger charge is -2.35. The van der Waals surface area contributed by atoms with Crippen LogP contribution in [0.25, 0.3) is 0 Å². The van der Waals surface area contributed by atoms with Crippen LogP contribution in [0.1, 0.15) is 35.2 Å². The van der Waals surface area contributed by atoms with Crippen molar-refractivity contribution in [3.8, 4) is 11.5 Å². The molecule has 4 nitrogen and oxygen atoms in total. The summed E-state index contributed by atoms with van der Waals surface area (Å²) in [5.74, 6) is 1.25. The standard InChI is InChI=1S/C25H29NO3/c1-18(26(2)3)21-13-9-10-14-22(21)25(27,19-11-7-6-8-12-19)23-16-15-20(28-4)17-24(23)29-5/h6-18,27H,1-5H3/t18-,25?/m0/s1. The Balaban J connectivity index is 2.34. The first kappa shape index (κ1) is 20.9. The Hall–Kier alpha value is -2.82. The zero-order valence-corrected chi connectivity index (χ0v) is 17.7. The van der Waals surface area contributed by atoms with Gasteiger partial charge in [0.25, 0.3) is 0 Å². The van der Waals surface area contributed by atoms with Gasteiger partial charge in [-0.15, -0.1) is 0 Å². The molecule has 3 rings (SSSR count). The predicted molar refractivity (Wildman–Crippen MR) is 117 cm³/mol. The van der Waals surface area contributed by atoms with Crippen molar-refractivity contribution in [2.45, 2.75) is 18.6 Å². The van der Waals surface area contributed by atoms with Gasteiger partial charge in [-0.05, 0) is 49.8 Å². The second kappa shape index (κ2) is 8.68. The maximum Gasteiger partial charge on any atom is 0.144 e. The highest BCUT2D eigenvalue weighted by Crippen LogP contribution is 2.44. The molecule has 4 heteroatoms. The molecule has 0 aliphatic heterocycles. The van der Waals surface area contributed by atoms with Gasteiger partial charge in [-0.2, -0.15) is 0 Å². The molecule has 0 aliphatic rings. The maximum atomic E-state index is 12.4. The third-order valence-corrected chi connectivity index (χ3v) is 5.57. The minimum absolute atomic E-state index is 0.116. The number of aliphatic hydroxyl groups is 1. The zero-order valence-electron chi connectivity index (χ0n) is 17.7. The Morgan fingerprint density at radius 3 is 2.10 bits per heavy atom. The van der Waals surface area contributed by atoms with Crippen molar-refractivity contribution in [1.82, 2.24) is 4.90 Å². The van der Waals surface area contributed by atoms with E-state index in [9.17, 15) is 5.11 Å². The van der Waals surface area contributed by atoms with E-state index in [0.717, 1.165) is 16.7 Å². The number of hydrogen-bond donors (Lipinski definition) is 1. The summed E-state index contributed by atoms with van der Waals surface area (Å²) in [6.45, 7) is 2.13. The lowest BCUT2D eigenvalue weighted by Crippen LogP contribution is -2.32. The van der Waals surface area contributed by atoms with E-state index in [1.54, 1.807) is 20.3 Å². The number of benzene rings is 3. The van der Waals surface area contributed by atoms with Gasteiger partial charge in [0.15, 0.2) is 0 Å². The molecule has 152 valence electrons. The molecular weight excluding hydrogens is 362 g/mol. The summed E-state index contributed by atoms with van der Waals surface area (Å²) >= 11 is 0. The fraction of sp³-hybridized carbons (Fsp3) is 0.280. The highest BCUT2D eigenvalue weighted by molar-refractivity contribution is 5.56. The van der Waals surface area contributed by atoms with E-state index < -0.39 is 5.60 Å². The quantitative estimate of drug-likeness (QED) is 0.597. The van der Waals surface area contributed by atoms with E-state index in [1.807, 2.05) is 74.8 Å². The molecular formula is C25H29NO3. The topological polar surface area (TPSA) is 41.9 Å². The third-order valence-electron chi connectivity index (χ3n) is 5.57. The highest BCUT2D eigenvalue weighted by atomic mass is 16.5. The van der Waals surface area contributed by atoms with Gasteiger partial charge in [0.1, 0.15) is 17.1 Å². The summed E-state index contributed by atoms with van der Waals surface area (Å²) in [5, 5.41) is 12.4. The molecule has 0 aromatic heterocycles. The van der Waals surface area contributed by atoms with Gasteiger partial charge in [-0.3, -0.25) is 0 Å². The van der Waals surface area contributed by atoms with Crippen LogP contribution in [0.3, 0.4) is 0 Å². The first-order chi connectivity index (χ1) is 13.9. The van der Waals surface area contributed by atoms with E-state index in [4.69, 9.17) is 9.47 Å². The number of hydrogen-bond acceptors (Lipinski definition) is 4. The van der Waals surface area contributed by atoms with Gasteiger partial charge in [0, 0.05) is 17.7 Å². The number of rotatable bonds is 7. The molecule has 0 saturated heterocycles. The van der Waals surface area contributed by atoms with E-state index in [1.165, 1.54) is 0 Å². The van der Waals surface area contributed by atoms with Gasteiger partial charge < -0.3 is 19.5 Å². The fourth-order valence-electron chi connectivity index (χ4n) is 3.70. The molecule has 0 spiro atoms. The summed E-state index contributed by atoms with van der Waals surface area (Å²) in [4.78, 5) is 2.13. The first-order valence-electron chi connectivity index (χ1n) is 9.69. The summed E-state index contributed by atoms with van der Waals surface area (Å²) < 4.78 is 11.0. The zero-order chi connectivity index (χ0) is 21.0. The minimum Gasteiger partial charge on any atom is -0.497 e. The Morgan fingerprint density at radius 1 is 0.828 bits per heavy atom. The lowest BCUT2D eigenvalue weighted by atomic mass is 9.77. The SMILES string of the molecule is COc1ccc(C(O)(c2ccccc2)c2ccccc2[C@H](C)N(C)C)c(OC)c1. The van der Waals surface area contributed by atoms with Crippen molar-refractivity contribution >= 4 is 0 Å². The molecule has 0 bridgehead atoms. The van der Waals surface area contributed by atoms with Crippen molar-refractivity contribution in [1.29, 1.82) is 0 Å². The molecule has 0 radical (unpaired) electrons. The third kappa shape index (κ3) is 3.86. The van der Waals surface area contributed by atoms with Crippen LogP contribution in [0.2, 0.25) is 0 Å². The minimum atomic E-state index is -1.39. The highest BCUT2D eigenvalue weighted by Gasteiger charge is 2.39. The Bertz CT molecular complexity index is 955. The predicted octanol–water partition coefficient (Wildman–Crippen LogP) is 4.61. The summed E-state index contributed by atoms with van der Waals surface area (Å²) in [7, 11) is 7.30. The van der Waals surface area contributed by atoms with E-state index in [2.05, 4.69) is 17.9 Å². The van der Waals surface area contributed by atoms with Crippen molar-refractivity contribution in [3.63, 3.8) is 0 Å². The fourth-order valence-corrected chi connectivity index (χ4v) is 3.70. The average molecular weight is 392 g/mol. The summed E-state index contributed by atoms with van der Waals surface area (Å²) in [5.41, 5.74) is 1.95. The lowest BCUT2D eigenvalue weighted by molar-refractivity contribution is 0.119. The number of methoxy groups -OCH3 is 2. The Morgan fingerprint density at radius 2 is 1.48 bits per heavy atom. The van der Waals surface area contributed by atoms with Crippen molar-refractivity contribution in [2.75, 3.05) is 28.3 Å². The smallest absolute Gasteiger partial charge is 0.144 e. The Kier molecular flexibility index (Phi) is 6.26. The normalized spacial score (nSPS) is 14.3. The van der Waals surface area contributed by atoms with Crippen molar-refractivity contribution in [3.05, 3.63) is 95.1 Å². The van der Waals surface area contributed by atoms with Crippen LogP contribution in [-0.2, 0) is 5.60 Å². The van der Waals surface area contributed by atoms with Crippen LogP contribution in [0.5, 0.6) is 11.5 Å². The molecule has 2 atom stereocenters. The molecule has 0 aliphatic carbocycles. The monoisotopic (exact) mass is 391 g/mol. The molecule has 0 amide bonds. The van der Waals surface area contributed by atoms with Crippen molar-refractivity contribution in [2.24, 2.45) is 0 Å². The molecule has 0 fully saturated rings.